The van der Waals surface area contributed by atoms with Crippen molar-refractivity contribution in [2.24, 2.45) is 0 Å². The molecule has 2 fully saturated rings. The molecule has 0 bridgehead atoms. The fraction of sp³-hybridized carbons (Fsp3) is 0. The Morgan fingerprint density at radius 2 is 0.652 bits per heavy atom. The van der Waals surface area contributed by atoms with Crippen molar-refractivity contribution in [3.05, 3.63) is 138 Å². The van der Waals surface area contributed by atoms with Gasteiger partial charge >= 0.3 is 0 Å². The summed E-state index contributed by atoms with van der Waals surface area (Å²) >= 11 is 0. The Balaban J connectivity index is 0.000000335. The van der Waals surface area contributed by atoms with E-state index in [1.165, 1.54) is 23.7 Å². The van der Waals surface area contributed by atoms with E-state index in [0.717, 1.165) is 0 Å². The molecule has 23 heavy (non-hydrogen) atoms. The molecule has 0 unspecified atom stereocenters. The van der Waals surface area contributed by atoms with Crippen molar-refractivity contribution in [2.45, 2.75) is 0 Å². The van der Waals surface area contributed by atoms with E-state index in [4.69, 9.17) is 0 Å². The zero-order valence-corrected chi connectivity index (χ0v) is 15.0. The third-order valence-corrected chi connectivity index (χ3v) is 3.10. The SMILES string of the molecule is [CH2][CH2].[CH2][CH2].[CH]1[CH][C]2C=CC=C[C]2[CH]1.[CH]1[CH][C]2C=CC=C[C]2[CH]1.[Ti]. The van der Waals surface area contributed by atoms with Crippen LogP contribution in [0.25, 0.3) is 0 Å². The predicted octanol–water partition coefficient (Wildman–Crippen LogP) is 5.08. The van der Waals surface area contributed by atoms with Gasteiger partial charge in [-0.05, 0) is 38.5 Å². The van der Waals surface area contributed by atoms with Gasteiger partial charge < -0.3 is 0 Å². The predicted molar refractivity (Wildman–Crippen MR) is 96.8 cm³/mol. The molecule has 0 saturated heterocycles. The smallest absolute Gasteiger partial charge is 0.0124 e. The molecule has 0 amide bonds. The topological polar surface area (TPSA) is 0 Å². The van der Waals surface area contributed by atoms with Gasteiger partial charge in [-0.15, -0.1) is 0 Å². The monoisotopic (exact) mass is 334 g/mol. The van der Waals surface area contributed by atoms with Crippen molar-refractivity contribution >= 4 is 0 Å². The minimum Gasteiger partial charge on any atom is -0.0762 e. The molecule has 2 saturated carbocycles. The normalized spacial score (nSPS) is 21.7. The molecule has 0 nitrogen and oxygen atoms in total. The molecule has 0 heterocycles. The van der Waals surface area contributed by atoms with Crippen LogP contribution in [0.3, 0.4) is 0 Å². The molecule has 4 rings (SSSR count). The molecule has 0 aromatic rings. The largest absolute Gasteiger partial charge is 0.0762 e. The van der Waals surface area contributed by atoms with Crippen molar-refractivity contribution in [3.63, 3.8) is 0 Å². The average molecular weight is 334 g/mol. The number of allylic oxidation sites excluding steroid dienone is 8. The van der Waals surface area contributed by atoms with E-state index in [1.807, 2.05) is 0 Å². The third kappa shape index (κ3) is 7.40. The van der Waals surface area contributed by atoms with Gasteiger partial charge in [0.2, 0.25) is 0 Å². The molecular weight excluding hydrogens is 312 g/mol. The molecule has 0 atom stereocenters. The van der Waals surface area contributed by atoms with Crippen LogP contribution in [0, 0.1) is 89.9 Å². The van der Waals surface area contributed by atoms with Gasteiger partial charge in [-0.2, -0.15) is 0 Å². The maximum Gasteiger partial charge on any atom is 0.0124 e. The van der Waals surface area contributed by atoms with Crippen LogP contribution in [0.4, 0.5) is 0 Å². The van der Waals surface area contributed by atoms with Gasteiger partial charge in [0.25, 0.3) is 0 Å². The van der Waals surface area contributed by atoms with Crippen molar-refractivity contribution in [3.8, 4) is 0 Å². The Kier molecular flexibility index (Phi) is 13.9. The summed E-state index contributed by atoms with van der Waals surface area (Å²) in [5.74, 6) is 5.32. The van der Waals surface area contributed by atoms with Crippen LogP contribution < -0.4 is 0 Å². The second-order valence-electron chi connectivity index (χ2n) is 4.31. The summed E-state index contributed by atoms with van der Waals surface area (Å²) in [6.45, 7) is 12.0. The summed E-state index contributed by atoms with van der Waals surface area (Å²) in [4.78, 5) is 0. The van der Waals surface area contributed by atoms with Crippen molar-refractivity contribution < 1.29 is 21.7 Å². The first kappa shape index (κ1) is 22.7. The Labute approximate surface area is 160 Å². The Morgan fingerprint density at radius 3 is 0.870 bits per heavy atom. The summed E-state index contributed by atoms with van der Waals surface area (Å²) in [6, 6.07) is 0. The fourth-order valence-electron chi connectivity index (χ4n) is 2.14. The van der Waals surface area contributed by atoms with Gasteiger partial charge in [0, 0.05) is 45.4 Å². The summed E-state index contributed by atoms with van der Waals surface area (Å²) in [5.41, 5.74) is 0. The van der Waals surface area contributed by atoms with E-state index in [0.29, 0.717) is 0 Å². The van der Waals surface area contributed by atoms with Crippen LogP contribution in [0.5, 0.6) is 0 Å². The molecule has 0 aromatic carbocycles. The van der Waals surface area contributed by atoms with E-state index >= 15 is 0 Å². The molecular formula is C22H22Ti. The van der Waals surface area contributed by atoms with Crippen molar-refractivity contribution in [1.82, 2.24) is 0 Å². The van der Waals surface area contributed by atoms with Gasteiger partial charge in [-0.25, -0.2) is 0 Å². The zero-order valence-electron chi connectivity index (χ0n) is 13.4. The Hall–Kier alpha value is -0.326. The third-order valence-electron chi connectivity index (χ3n) is 3.10. The van der Waals surface area contributed by atoms with Gasteiger partial charge in [-0.1, -0.05) is 76.3 Å². The summed E-state index contributed by atoms with van der Waals surface area (Å²) < 4.78 is 0. The zero-order chi connectivity index (χ0) is 16.2. The van der Waals surface area contributed by atoms with Crippen LogP contribution in [-0.4, -0.2) is 0 Å². The van der Waals surface area contributed by atoms with E-state index in [2.05, 4.69) is 115 Å². The first-order chi connectivity index (χ1) is 10.9. The van der Waals surface area contributed by atoms with Crippen LogP contribution in [0.15, 0.2) is 48.6 Å². The second kappa shape index (κ2) is 14.1. The van der Waals surface area contributed by atoms with Crippen molar-refractivity contribution in [1.29, 1.82) is 0 Å². The summed E-state index contributed by atoms with van der Waals surface area (Å²) in [6.07, 6.45) is 29.3. The molecule has 1 heteroatoms. The van der Waals surface area contributed by atoms with Crippen LogP contribution in [-0.2, 0) is 21.7 Å². The number of fused-ring (bicyclic) bond motifs is 2. The van der Waals surface area contributed by atoms with E-state index in [9.17, 15) is 0 Å². The van der Waals surface area contributed by atoms with Crippen molar-refractivity contribution in [2.75, 3.05) is 0 Å². The molecule has 0 aliphatic heterocycles. The second-order valence-corrected chi connectivity index (χ2v) is 4.31. The maximum atomic E-state index is 3.00. The molecule has 0 spiro atoms. The first-order valence-corrected chi connectivity index (χ1v) is 7.14. The van der Waals surface area contributed by atoms with Gasteiger partial charge in [0.1, 0.15) is 0 Å². The van der Waals surface area contributed by atoms with E-state index in [-0.39, 0.29) is 21.7 Å². The molecule has 0 aromatic heterocycles. The molecule has 114 valence electrons. The van der Waals surface area contributed by atoms with Crippen LogP contribution in [0.2, 0.25) is 0 Å². The molecule has 4 aliphatic carbocycles. The van der Waals surface area contributed by atoms with Gasteiger partial charge in [0.15, 0.2) is 0 Å². The van der Waals surface area contributed by atoms with Gasteiger partial charge in [-0.3, -0.25) is 0 Å². The Bertz CT molecular complexity index is 315. The molecule has 0 N–H and O–H groups in total. The fourth-order valence-corrected chi connectivity index (χ4v) is 2.14. The quantitative estimate of drug-likeness (QED) is 0.542. The van der Waals surface area contributed by atoms with Crippen LogP contribution >= 0.6 is 0 Å². The minimum absolute atomic E-state index is 0. The minimum atomic E-state index is 0. The Morgan fingerprint density at radius 1 is 0.435 bits per heavy atom. The maximum absolute atomic E-state index is 3.00. The molecule has 4 aliphatic rings. The van der Waals surface area contributed by atoms with E-state index in [1.54, 1.807) is 0 Å². The average Bonchev–Trinajstić information content (AvgIpc) is 3.28. The first-order valence-electron chi connectivity index (χ1n) is 7.14. The number of hydrogen-bond donors (Lipinski definition) is 0. The standard InChI is InChI=1S/2C9H7.2C2H4.Ti/c2*1-2-5-9-7-3-6-8(9)4-1;2*1-2;/h2*1-7H;2*1-2H2;. The summed E-state index contributed by atoms with van der Waals surface area (Å²) in [5, 5.41) is 0. The number of rotatable bonds is 0. The van der Waals surface area contributed by atoms with E-state index < -0.39 is 0 Å². The van der Waals surface area contributed by atoms with Crippen LogP contribution in [0.1, 0.15) is 0 Å². The van der Waals surface area contributed by atoms with Gasteiger partial charge in [0.05, 0.1) is 0 Å². The summed E-state index contributed by atoms with van der Waals surface area (Å²) in [7, 11) is 0. The number of hydrogen-bond acceptors (Lipinski definition) is 0. The molecule has 14 radical (unpaired) electrons.